The molecular weight excluding hydrogens is 300 g/mol. The van der Waals surface area contributed by atoms with E-state index >= 15 is 0 Å². The maximum atomic E-state index is 11.5. The van der Waals surface area contributed by atoms with Crippen molar-refractivity contribution in [3.8, 4) is 0 Å². The molecule has 0 amide bonds. The third-order valence-electron chi connectivity index (χ3n) is 2.46. The van der Waals surface area contributed by atoms with Crippen LogP contribution in [0.2, 0.25) is 0 Å². The molecule has 0 aromatic heterocycles. The first-order chi connectivity index (χ1) is 6.66. The van der Waals surface area contributed by atoms with Gasteiger partial charge < -0.3 is 0 Å². The Hall–Kier alpha value is -0.0600. The summed E-state index contributed by atoms with van der Waals surface area (Å²) in [5, 5.41) is 0. The molecule has 84 valence electrons. The standard InChI is InChI=1S/C10H12BrClO2S/c1-7-4-5-8(11)6-9(7)10(2,3)15(12,13)14/h4-6H,1-3H3. The predicted molar refractivity (Wildman–Crippen MR) is 66.7 cm³/mol. The number of hydrogen-bond donors (Lipinski definition) is 0. The average Bonchev–Trinajstić information content (AvgIpc) is 2.07. The molecule has 0 aliphatic heterocycles. The summed E-state index contributed by atoms with van der Waals surface area (Å²) in [6, 6.07) is 5.52. The summed E-state index contributed by atoms with van der Waals surface area (Å²) in [6.07, 6.45) is 0. The highest BCUT2D eigenvalue weighted by Gasteiger charge is 2.35. The first-order valence-corrected chi connectivity index (χ1v) is 7.47. The summed E-state index contributed by atoms with van der Waals surface area (Å²) in [5.74, 6) is 0. The molecule has 15 heavy (non-hydrogen) atoms. The minimum absolute atomic E-state index is 0.715. The van der Waals surface area contributed by atoms with Gasteiger partial charge in [0, 0.05) is 15.2 Å². The minimum Gasteiger partial charge on any atom is -0.211 e. The fourth-order valence-corrected chi connectivity index (χ4v) is 2.47. The second kappa shape index (κ2) is 4.07. The van der Waals surface area contributed by atoms with E-state index in [4.69, 9.17) is 10.7 Å². The molecule has 5 heteroatoms. The smallest absolute Gasteiger partial charge is 0.211 e. The van der Waals surface area contributed by atoms with Crippen LogP contribution in [0.15, 0.2) is 22.7 Å². The Labute approximate surface area is 103 Å². The highest BCUT2D eigenvalue weighted by atomic mass is 79.9. The van der Waals surface area contributed by atoms with E-state index < -0.39 is 13.8 Å². The monoisotopic (exact) mass is 310 g/mol. The van der Waals surface area contributed by atoms with Gasteiger partial charge in [-0.15, -0.1) is 0 Å². The molecule has 0 heterocycles. The van der Waals surface area contributed by atoms with Crippen LogP contribution in [0.3, 0.4) is 0 Å². The van der Waals surface area contributed by atoms with Gasteiger partial charge in [-0.05, 0) is 44.0 Å². The number of benzene rings is 1. The molecule has 0 N–H and O–H groups in total. The lowest BCUT2D eigenvalue weighted by molar-refractivity contribution is 0.569. The molecule has 0 aliphatic rings. The number of hydrogen-bond acceptors (Lipinski definition) is 2. The number of rotatable bonds is 2. The lowest BCUT2D eigenvalue weighted by Gasteiger charge is -2.23. The molecule has 0 saturated heterocycles. The normalized spacial score (nSPS) is 12.9. The first kappa shape index (κ1) is 13.0. The van der Waals surface area contributed by atoms with Crippen LogP contribution in [0.5, 0.6) is 0 Å². The zero-order valence-corrected chi connectivity index (χ0v) is 11.9. The Kier molecular flexibility index (Phi) is 3.53. The van der Waals surface area contributed by atoms with Crippen LogP contribution < -0.4 is 0 Å². The lowest BCUT2D eigenvalue weighted by Crippen LogP contribution is -2.25. The van der Waals surface area contributed by atoms with Crippen molar-refractivity contribution in [2.75, 3.05) is 0 Å². The summed E-state index contributed by atoms with van der Waals surface area (Å²) >= 11 is 3.32. The van der Waals surface area contributed by atoms with Gasteiger partial charge in [0.1, 0.15) is 4.75 Å². The molecule has 0 fully saturated rings. The quantitative estimate of drug-likeness (QED) is 0.783. The van der Waals surface area contributed by atoms with E-state index in [2.05, 4.69) is 15.9 Å². The molecule has 0 aliphatic carbocycles. The van der Waals surface area contributed by atoms with Crippen molar-refractivity contribution < 1.29 is 8.42 Å². The zero-order chi connectivity index (χ0) is 11.9. The first-order valence-electron chi connectivity index (χ1n) is 4.37. The second-order valence-electron chi connectivity index (χ2n) is 3.91. The van der Waals surface area contributed by atoms with Crippen molar-refractivity contribution in [2.24, 2.45) is 0 Å². The highest BCUT2D eigenvalue weighted by molar-refractivity contribution is 9.10. The van der Waals surface area contributed by atoms with Gasteiger partial charge >= 0.3 is 0 Å². The molecule has 0 saturated carbocycles. The molecule has 0 atom stereocenters. The molecule has 0 unspecified atom stereocenters. The van der Waals surface area contributed by atoms with Gasteiger partial charge in [-0.3, -0.25) is 0 Å². The van der Waals surface area contributed by atoms with Crippen LogP contribution in [-0.2, 0) is 13.8 Å². The number of aryl methyl sites for hydroxylation is 1. The van der Waals surface area contributed by atoms with Gasteiger partial charge in [0.25, 0.3) is 0 Å². The van der Waals surface area contributed by atoms with Gasteiger partial charge in [-0.25, -0.2) is 8.42 Å². The Morgan fingerprint density at radius 3 is 2.33 bits per heavy atom. The zero-order valence-electron chi connectivity index (χ0n) is 8.71. The molecule has 0 bridgehead atoms. The van der Waals surface area contributed by atoms with Crippen LogP contribution in [0.4, 0.5) is 0 Å². The highest BCUT2D eigenvalue weighted by Crippen LogP contribution is 2.35. The van der Waals surface area contributed by atoms with Gasteiger partial charge in [0.15, 0.2) is 0 Å². The van der Waals surface area contributed by atoms with E-state index in [9.17, 15) is 8.42 Å². The van der Waals surface area contributed by atoms with Gasteiger partial charge in [0.05, 0.1) is 0 Å². The SMILES string of the molecule is Cc1ccc(Br)cc1C(C)(C)S(=O)(=O)Cl. The summed E-state index contributed by atoms with van der Waals surface area (Å²) < 4.78 is 22.7. The molecule has 0 spiro atoms. The Balaban J connectivity index is 3.46. The topological polar surface area (TPSA) is 34.1 Å². The molecule has 1 aromatic rings. The Morgan fingerprint density at radius 2 is 1.87 bits per heavy atom. The van der Waals surface area contributed by atoms with E-state index in [1.165, 1.54) is 0 Å². The van der Waals surface area contributed by atoms with Gasteiger partial charge in [-0.2, -0.15) is 0 Å². The molecular formula is C10H12BrClO2S. The van der Waals surface area contributed by atoms with Crippen LogP contribution in [0.25, 0.3) is 0 Å². The lowest BCUT2D eigenvalue weighted by atomic mass is 9.97. The van der Waals surface area contributed by atoms with E-state index in [1.807, 2.05) is 19.1 Å². The molecule has 0 radical (unpaired) electrons. The van der Waals surface area contributed by atoms with Crippen LogP contribution in [0.1, 0.15) is 25.0 Å². The average molecular weight is 312 g/mol. The fraction of sp³-hybridized carbons (Fsp3) is 0.400. The molecule has 1 rings (SSSR count). The van der Waals surface area contributed by atoms with Crippen molar-refractivity contribution in [3.63, 3.8) is 0 Å². The summed E-state index contributed by atoms with van der Waals surface area (Å²) in [5.41, 5.74) is 1.62. The van der Waals surface area contributed by atoms with E-state index in [0.29, 0.717) is 5.56 Å². The summed E-state index contributed by atoms with van der Waals surface area (Å²) in [7, 11) is 1.80. The van der Waals surface area contributed by atoms with Crippen LogP contribution in [0, 0.1) is 6.92 Å². The van der Waals surface area contributed by atoms with Crippen molar-refractivity contribution >= 4 is 35.7 Å². The van der Waals surface area contributed by atoms with E-state index in [0.717, 1.165) is 10.0 Å². The third-order valence-corrected chi connectivity index (χ3v) is 5.55. The van der Waals surface area contributed by atoms with Crippen molar-refractivity contribution in [1.29, 1.82) is 0 Å². The van der Waals surface area contributed by atoms with Crippen LogP contribution >= 0.6 is 26.6 Å². The fourth-order valence-electron chi connectivity index (χ4n) is 1.37. The van der Waals surface area contributed by atoms with E-state index in [1.54, 1.807) is 19.9 Å². The van der Waals surface area contributed by atoms with E-state index in [-0.39, 0.29) is 0 Å². The number of halogens is 2. The van der Waals surface area contributed by atoms with Crippen LogP contribution in [-0.4, -0.2) is 8.42 Å². The second-order valence-corrected chi connectivity index (χ2v) is 7.94. The van der Waals surface area contributed by atoms with Gasteiger partial charge in [0.2, 0.25) is 9.05 Å². The maximum Gasteiger partial charge on any atom is 0.241 e. The summed E-state index contributed by atoms with van der Waals surface area (Å²) in [6.45, 7) is 5.07. The molecule has 2 nitrogen and oxygen atoms in total. The third kappa shape index (κ3) is 2.55. The predicted octanol–water partition coefficient (Wildman–Crippen LogP) is 3.56. The maximum absolute atomic E-state index is 11.5. The summed E-state index contributed by atoms with van der Waals surface area (Å²) in [4.78, 5) is 0. The van der Waals surface area contributed by atoms with Crippen molar-refractivity contribution in [1.82, 2.24) is 0 Å². The van der Waals surface area contributed by atoms with Crippen molar-refractivity contribution in [3.05, 3.63) is 33.8 Å². The minimum atomic E-state index is -3.64. The van der Waals surface area contributed by atoms with Crippen molar-refractivity contribution in [2.45, 2.75) is 25.5 Å². The largest absolute Gasteiger partial charge is 0.241 e. The molecule has 1 aromatic carbocycles. The Morgan fingerprint density at radius 1 is 1.33 bits per heavy atom. The van der Waals surface area contributed by atoms with Gasteiger partial charge in [-0.1, -0.05) is 22.0 Å². The Bertz CT molecular complexity index is 480.